The Kier molecular flexibility index (Phi) is 7.01. The molecule has 0 aliphatic carbocycles. The fourth-order valence-corrected chi connectivity index (χ4v) is 16.9. The van der Waals surface area contributed by atoms with Crippen molar-refractivity contribution in [2.45, 2.75) is 26.2 Å². The number of nitrogens with zero attached hydrogens (tertiary/aromatic N) is 3. The molecule has 0 aromatic carbocycles. The van der Waals surface area contributed by atoms with Gasteiger partial charge in [-0.1, -0.05) is 0 Å². The first-order chi connectivity index (χ1) is 7.31. The molecule has 0 amide bonds. The molecular weight excluding hydrogens is 369 g/mol. The molecule has 0 aromatic rings. The summed E-state index contributed by atoms with van der Waals surface area (Å²) >= 11 is -3.01. The fourth-order valence-electron chi connectivity index (χ4n) is 2.29. The Hall–Kier alpha value is 0.290. The van der Waals surface area contributed by atoms with Gasteiger partial charge in [0.05, 0.1) is 0 Å². The van der Waals surface area contributed by atoms with Crippen LogP contribution in [0.5, 0.6) is 0 Å². The van der Waals surface area contributed by atoms with E-state index in [-0.39, 0.29) is 0 Å². The molecule has 0 saturated carbocycles. The first-order valence-electron chi connectivity index (χ1n) is 5.82. The molecule has 0 aromatic heterocycles. The van der Waals surface area contributed by atoms with Gasteiger partial charge in [-0.25, -0.2) is 0 Å². The summed E-state index contributed by atoms with van der Waals surface area (Å²) in [7, 11) is 12.7. The van der Waals surface area contributed by atoms with Gasteiger partial charge in [0.15, 0.2) is 0 Å². The van der Waals surface area contributed by atoms with Gasteiger partial charge in [-0.05, 0) is 0 Å². The molecule has 0 atom stereocenters. The Bertz CT molecular complexity index is 204. The summed E-state index contributed by atoms with van der Waals surface area (Å²) in [6.07, 6.45) is 3.25. The van der Waals surface area contributed by atoms with Crippen molar-refractivity contribution in [3.05, 3.63) is 0 Å². The summed E-state index contributed by atoms with van der Waals surface area (Å²) in [6, 6.07) is 0. The van der Waals surface area contributed by atoms with Crippen LogP contribution in [0.15, 0.2) is 0 Å². The van der Waals surface area contributed by atoms with Gasteiger partial charge in [0, 0.05) is 0 Å². The van der Waals surface area contributed by atoms with E-state index < -0.39 is 17.9 Å². The molecule has 0 spiro atoms. The van der Waals surface area contributed by atoms with Gasteiger partial charge in [0.2, 0.25) is 0 Å². The van der Waals surface area contributed by atoms with Crippen molar-refractivity contribution in [3.8, 4) is 0 Å². The van der Waals surface area contributed by atoms with E-state index in [9.17, 15) is 0 Å². The molecule has 1 N–H and O–H groups in total. The van der Waals surface area contributed by atoms with Crippen molar-refractivity contribution in [1.82, 2.24) is 9.91 Å². The number of rotatable bonds is 7. The van der Waals surface area contributed by atoms with E-state index in [1.165, 1.54) is 6.42 Å². The van der Waals surface area contributed by atoms with E-state index in [4.69, 9.17) is 5.41 Å². The third-order valence-corrected chi connectivity index (χ3v) is 18.2. The minimum atomic E-state index is -3.01. The van der Waals surface area contributed by atoms with Crippen molar-refractivity contribution < 1.29 is 17.9 Å². The third kappa shape index (κ3) is 3.15. The van der Waals surface area contributed by atoms with Crippen LogP contribution in [0.1, 0.15) is 26.2 Å². The van der Waals surface area contributed by atoms with Crippen LogP contribution in [0.3, 0.4) is 0 Å². The van der Waals surface area contributed by atoms with Crippen LogP contribution in [0.4, 0.5) is 0 Å². The topological polar surface area (TPSA) is 33.6 Å². The predicted molar refractivity (Wildman–Crippen MR) is 68.3 cm³/mol. The van der Waals surface area contributed by atoms with E-state index in [0.717, 1.165) is 16.8 Å². The molecule has 0 aliphatic rings. The van der Waals surface area contributed by atoms with Crippen LogP contribution in [-0.2, 0) is 17.9 Å². The SMILES string of the molecule is CCCC[C](=N)[Ta]([N](C)C)([N](C)C)[N](C)C. The van der Waals surface area contributed by atoms with E-state index in [0.29, 0.717) is 0 Å². The number of nitrogens with one attached hydrogen (secondary N) is 1. The Balaban J connectivity index is 5.11. The zero-order chi connectivity index (χ0) is 12.9. The molecule has 0 rings (SSSR count). The van der Waals surface area contributed by atoms with Gasteiger partial charge in [0.1, 0.15) is 0 Å². The van der Waals surface area contributed by atoms with Crippen molar-refractivity contribution in [2.75, 3.05) is 42.3 Å². The van der Waals surface area contributed by atoms with Gasteiger partial charge in [-0.15, -0.1) is 0 Å². The Labute approximate surface area is 106 Å². The summed E-state index contributed by atoms with van der Waals surface area (Å²) in [5.41, 5.74) is 0. The van der Waals surface area contributed by atoms with Crippen LogP contribution < -0.4 is 0 Å². The van der Waals surface area contributed by atoms with Gasteiger partial charge in [0.25, 0.3) is 0 Å². The van der Waals surface area contributed by atoms with Crippen molar-refractivity contribution in [3.63, 3.8) is 0 Å². The Morgan fingerprint density at radius 1 is 0.938 bits per heavy atom. The third-order valence-electron chi connectivity index (χ3n) is 2.80. The average molecular weight is 397 g/mol. The second-order valence-corrected chi connectivity index (χ2v) is 19.3. The molecule has 0 aliphatic heterocycles. The molecule has 97 valence electrons. The van der Waals surface area contributed by atoms with Gasteiger partial charge >= 0.3 is 106 Å². The molecule has 0 fully saturated rings. The van der Waals surface area contributed by atoms with Gasteiger partial charge < -0.3 is 0 Å². The Morgan fingerprint density at radius 3 is 1.56 bits per heavy atom. The first kappa shape index (κ1) is 16.3. The molecule has 0 unspecified atom stereocenters. The first-order valence-corrected chi connectivity index (χ1v) is 11.7. The second-order valence-electron chi connectivity index (χ2n) is 4.66. The van der Waals surface area contributed by atoms with Gasteiger partial charge in [-0.3, -0.25) is 0 Å². The average Bonchev–Trinajstić information content (AvgIpc) is 2.13. The van der Waals surface area contributed by atoms with E-state index in [1.54, 1.807) is 0 Å². The monoisotopic (exact) mass is 397 g/mol. The fraction of sp³-hybridized carbons (Fsp3) is 0.909. The summed E-state index contributed by atoms with van der Waals surface area (Å²) in [6.45, 7) is 2.19. The summed E-state index contributed by atoms with van der Waals surface area (Å²) in [4.78, 5) is 0. The van der Waals surface area contributed by atoms with E-state index in [1.807, 2.05) is 0 Å². The molecule has 0 saturated heterocycles. The van der Waals surface area contributed by atoms with Crippen LogP contribution in [0.2, 0.25) is 0 Å². The quantitative estimate of drug-likeness (QED) is 0.665. The molecular formula is C11H28N4Ta. The maximum atomic E-state index is 8.46. The predicted octanol–water partition coefficient (Wildman–Crippen LogP) is 1.74. The van der Waals surface area contributed by atoms with Crippen molar-refractivity contribution >= 4 is 3.93 Å². The van der Waals surface area contributed by atoms with Gasteiger partial charge in [-0.2, -0.15) is 0 Å². The maximum absolute atomic E-state index is 8.46. The summed E-state index contributed by atoms with van der Waals surface area (Å²) in [5.74, 6) is 0. The molecule has 5 heteroatoms. The second kappa shape index (κ2) is 6.89. The number of hydrogen-bond acceptors (Lipinski definition) is 4. The number of unbranched alkanes of at least 4 members (excludes halogenated alkanes) is 1. The normalized spacial score (nSPS) is 12.9. The number of hydrogen-bond donors (Lipinski definition) is 1. The molecule has 4 nitrogen and oxygen atoms in total. The van der Waals surface area contributed by atoms with Crippen LogP contribution in [0, 0.1) is 5.41 Å². The summed E-state index contributed by atoms with van der Waals surface area (Å²) in [5, 5.41) is 8.46. The molecule has 16 heavy (non-hydrogen) atoms. The van der Waals surface area contributed by atoms with Crippen LogP contribution in [0.25, 0.3) is 0 Å². The van der Waals surface area contributed by atoms with Crippen molar-refractivity contribution in [2.24, 2.45) is 0 Å². The van der Waals surface area contributed by atoms with E-state index >= 15 is 0 Å². The zero-order valence-corrected chi connectivity index (χ0v) is 15.1. The molecule has 0 radical (unpaired) electrons. The van der Waals surface area contributed by atoms with Crippen LogP contribution in [-0.4, -0.2) is 56.1 Å². The standard InChI is InChI=1S/C5H10N.3C2H6N.Ta/c1-2-3-4-5-6;3*1-3-2;/h6H,2-4H2,1H3;3*1-2H3;/q;3*-1;+3. The summed E-state index contributed by atoms with van der Waals surface area (Å²) < 4.78 is 7.93. The molecule has 0 bridgehead atoms. The van der Waals surface area contributed by atoms with Crippen molar-refractivity contribution in [1.29, 1.82) is 5.41 Å². The Morgan fingerprint density at radius 2 is 1.31 bits per heavy atom. The van der Waals surface area contributed by atoms with E-state index in [2.05, 4.69) is 59.1 Å². The zero-order valence-electron chi connectivity index (χ0n) is 11.9. The molecule has 0 heterocycles. The van der Waals surface area contributed by atoms with Crippen LogP contribution >= 0.6 is 0 Å². The minimum absolute atomic E-state index is 0.948.